The van der Waals surface area contributed by atoms with Gasteiger partial charge >= 0.3 is 0 Å². The van der Waals surface area contributed by atoms with E-state index in [1.54, 1.807) is 35.6 Å². The van der Waals surface area contributed by atoms with Gasteiger partial charge in [0.15, 0.2) is 0 Å². The van der Waals surface area contributed by atoms with Crippen LogP contribution in [0.1, 0.15) is 99.7 Å². The minimum absolute atomic E-state index is 0.0377. The standard InChI is InChI=1S/C36H43N5O3S/c1-23(2)29-18-30(20-37-19-29)25(4)38-21-33(42)31(16-26-10-6-5-7-11-26)40-34(43)27-12-8-13-28(17-27)36(44)41-15-9-14-32(41)35-39-24(3)22-45-35/h5-8,10-13,17-20,22-23,25,31-33,38,42H,9,14-16,21H2,1-4H3,(H,40,43)/t25-,31+,32-,33+/m1/s1. The van der Waals surface area contributed by atoms with Gasteiger partial charge in [-0.25, -0.2) is 4.98 Å². The number of rotatable bonds is 12. The van der Waals surface area contributed by atoms with Gasteiger partial charge in [-0.3, -0.25) is 14.6 Å². The number of aryl methyl sites for hydroxylation is 1. The topological polar surface area (TPSA) is 107 Å². The van der Waals surface area contributed by atoms with Crippen LogP contribution in [0.25, 0.3) is 0 Å². The van der Waals surface area contributed by atoms with E-state index < -0.39 is 12.1 Å². The molecule has 0 spiro atoms. The monoisotopic (exact) mass is 625 g/mol. The molecule has 2 aromatic heterocycles. The SMILES string of the molecule is Cc1csc([C@H]2CCCN2C(=O)c2cccc(C(=O)N[C@@H](Cc3ccccc3)[C@@H](O)CN[C@H](C)c3cncc(C(C)C)c3)c2)n1. The van der Waals surface area contributed by atoms with Crippen molar-refractivity contribution >= 4 is 23.2 Å². The van der Waals surface area contributed by atoms with Gasteiger partial charge < -0.3 is 20.6 Å². The summed E-state index contributed by atoms with van der Waals surface area (Å²) in [4.78, 5) is 38.1. The second-order valence-corrected chi connectivity index (χ2v) is 13.1. The average Bonchev–Trinajstić information content (AvgIpc) is 3.72. The minimum Gasteiger partial charge on any atom is -0.390 e. The maximum absolute atomic E-state index is 13.6. The lowest BCUT2D eigenvalue weighted by atomic mass is 9.99. The van der Waals surface area contributed by atoms with E-state index in [2.05, 4.69) is 40.5 Å². The molecule has 4 aromatic rings. The predicted octanol–water partition coefficient (Wildman–Crippen LogP) is 6.00. The van der Waals surface area contributed by atoms with Crippen LogP contribution in [0.2, 0.25) is 0 Å². The molecule has 1 saturated heterocycles. The van der Waals surface area contributed by atoms with E-state index in [0.29, 0.717) is 30.0 Å². The zero-order valence-corrected chi connectivity index (χ0v) is 27.3. The summed E-state index contributed by atoms with van der Waals surface area (Å²) in [5.74, 6) is -0.0660. The lowest BCUT2D eigenvalue weighted by Crippen LogP contribution is -2.49. The van der Waals surface area contributed by atoms with Gasteiger partial charge in [0.1, 0.15) is 5.01 Å². The van der Waals surface area contributed by atoms with Gasteiger partial charge in [0.25, 0.3) is 11.8 Å². The van der Waals surface area contributed by atoms with Crippen LogP contribution >= 0.6 is 11.3 Å². The first-order valence-electron chi connectivity index (χ1n) is 15.7. The quantitative estimate of drug-likeness (QED) is 0.178. The molecule has 0 aliphatic carbocycles. The number of amides is 2. The predicted molar refractivity (Wildman–Crippen MR) is 178 cm³/mol. The van der Waals surface area contributed by atoms with Crippen molar-refractivity contribution in [2.24, 2.45) is 0 Å². The van der Waals surface area contributed by atoms with E-state index in [4.69, 9.17) is 0 Å². The minimum atomic E-state index is -0.866. The molecule has 5 rings (SSSR count). The third-order valence-electron chi connectivity index (χ3n) is 8.47. The van der Waals surface area contributed by atoms with Gasteiger partial charge in [0.2, 0.25) is 0 Å². The van der Waals surface area contributed by atoms with Crippen LogP contribution in [-0.4, -0.2) is 57.0 Å². The smallest absolute Gasteiger partial charge is 0.254 e. The zero-order chi connectivity index (χ0) is 31.9. The molecule has 0 saturated carbocycles. The molecule has 2 aromatic carbocycles. The Labute approximate surface area is 269 Å². The van der Waals surface area contributed by atoms with Crippen LogP contribution in [0.5, 0.6) is 0 Å². The number of thiazole rings is 1. The van der Waals surface area contributed by atoms with Crippen LogP contribution in [0.4, 0.5) is 0 Å². The Hall–Kier alpha value is -3.92. The van der Waals surface area contributed by atoms with E-state index in [1.165, 1.54) is 0 Å². The van der Waals surface area contributed by atoms with Crippen molar-refractivity contribution in [3.63, 3.8) is 0 Å². The number of likely N-dealkylation sites (tertiary alicyclic amines) is 1. The number of benzene rings is 2. The first kappa shape index (κ1) is 32.5. The number of carbonyl (C=O) groups is 2. The van der Waals surface area contributed by atoms with Gasteiger partial charge in [0.05, 0.1) is 18.2 Å². The highest BCUT2D eigenvalue weighted by Crippen LogP contribution is 2.34. The number of aliphatic hydroxyl groups excluding tert-OH is 1. The van der Waals surface area contributed by atoms with Gasteiger partial charge in [0, 0.05) is 53.7 Å². The summed E-state index contributed by atoms with van der Waals surface area (Å²) >= 11 is 1.59. The fourth-order valence-electron chi connectivity index (χ4n) is 5.74. The average molecular weight is 626 g/mol. The van der Waals surface area contributed by atoms with Crippen LogP contribution in [0.15, 0.2) is 78.4 Å². The molecule has 0 unspecified atom stereocenters. The van der Waals surface area contributed by atoms with Crippen LogP contribution in [-0.2, 0) is 6.42 Å². The normalized spacial score (nSPS) is 16.8. The van der Waals surface area contributed by atoms with Gasteiger partial charge in [-0.05, 0) is 73.9 Å². The first-order chi connectivity index (χ1) is 21.7. The van der Waals surface area contributed by atoms with Crippen molar-refractivity contribution < 1.29 is 14.7 Å². The fraction of sp³-hybridized carbons (Fsp3) is 0.389. The molecule has 3 N–H and O–H groups in total. The van der Waals surface area contributed by atoms with Crippen molar-refractivity contribution in [3.05, 3.63) is 117 Å². The molecule has 0 bridgehead atoms. The Kier molecular flexibility index (Phi) is 10.8. The summed E-state index contributed by atoms with van der Waals surface area (Å²) < 4.78 is 0. The molecular formula is C36H43N5O3S. The number of aliphatic hydroxyl groups is 1. The van der Waals surface area contributed by atoms with E-state index in [1.807, 2.05) is 66.9 Å². The molecule has 1 aliphatic heterocycles. The molecule has 1 aliphatic rings. The lowest BCUT2D eigenvalue weighted by molar-refractivity contribution is 0.0735. The molecule has 3 heterocycles. The number of nitrogens with one attached hydrogen (secondary N) is 2. The van der Waals surface area contributed by atoms with Crippen LogP contribution < -0.4 is 10.6 Å². The highest BCUT2D eigenvalue weighted by molar-refractivity contribution is 7.09. The Bertz CT molecular complexity index is 1590. The van der Waals surface area contributed by atoms with Gasteiger partial charge in [-0.15, -0.1) is 11.3 Å². The van der Waals surface area contributed by atoms with E-state index in [-0.39, 0.29) is 30.4 Å². The largest absolute Gasteiger partial charge is 0.390 e. The summed E-state index contributed by atoms with van der Waals surface area (Å²) in [6.45, 7) is 9.21. The van der Waals surface area contributed by atoms with Gasteiger partial charge in [-0.1, -0.05) is 56.3 Å². The molecular weight excluding hydrogens is 582 g/mol. The third-order valence-corrected chi connectivity index (χ3v) is 9.53. The second-order valence-electron chi connectivity index (χ2n) is 12.2. The highest BCUT2D eigenvalue weighted by atomic mass is 32.1. The number of nitrogens with zero attached hydrogens (tertiary/aromatic N) is 3. The number of carbonyl (C=O) groups excluding carboxylic acids is 2. The third kappa shape index (κ3) is 8.22. The molecule has 1 fully saturated rings. The van der Waals surface area contributed by atoms with Crippen LogP contribution in [0, 0.1) is 6.92 Å². The van der Waals surface area contributed by atoms with Crippen molar-refractivity contribution in [2.45, 2.75) is 77.1 Å². The Morgan fingerprint density at radius 2 is 1.78 bits per heavy atom. The molecule has 236 valence electrons. The maximum Gasteiger partial charge on any atom is 0.254 e. The van der Waals surface area contributed by atoms with E-state index in [0.717, 1.165) is 40.2 Å². The summed E-state index contributed by atoms with van der Waals surface area (Å²) in [6, 6.07) is 18.2. The van der Waals surface area contributed by atoms with Crippen molar-refractivity contribution in [2.75, 3.05) is 13.1 Å². The Morgan fingerprint density at radius 3 is 2.51 bits per heavy atom. The molecule has 45 heavy (non-hydrogen) atoms. The Morgan fingerprint density at radius 1 is 1.02 bits per heavy atom. The molecule has 4 atom stereocenters. The zero-order valence-electron chi connectivity index (χ0n) is 26.4. The summed E-state index contributed by atoms with van der Waals surface area (Å²) in [6.07, 6.45) is 5.11. The fourth-order valence-corrected chi connectivity index (χ4v) is 6.68. The van der Waals surface area contributed by atoms with E-state index in [9.17, 15) is 14.7 Å². The molecule has 9 heteroatoms. The maximum atomic E-state index is 13.6. The Balaban J connectivity index is 1.28. The first-order valence-corrected chi connectivity index (χ1v) is 16.6. The second kappa shape index (κ2) is 14.9. The molecule has 2 amide bonds. The summed E-state index contributed by atoms with van der Waals surface area (Å²) in [5.41, 5.74) is 5.02. The summed E-state index contributed by atoms with van der Waals surface area (Å²) in [5, 5.41) is 20.8. The van der Waals surface area contributed by atoms with Crippen LogP contribution in [0.3, 0.4) is 0 Å². The number of hydrogen-bond acceptors (Lipinski definition) is 7. The molecule has 0 radical (unpaired) electrons. The number of hydrogen-bond donors (Lipinski definition) is 3. The van der Waals surface area contributed by atoms with Crippen molar-refractivity contribution in [3.8, 4) is 0 Å². The lowest BCUT2D eigenvalue weighted by Gasteiger charge is -2.27. The van der Waals surface area contributed by atoms with Crippen molar-refractivity contribution in [1.29, 1.82) is 0 Å². The molecule has 8 nitrogen and oxygen atoms in total. The number of aromatic nitrogens is 2. The van der Waals surface area contributed by atoms with E-state index >= 15 is 0 Å². The summed E-state index contributed by atoms with van der Waals surface area (Å²) in [7, 11) is 0. The highest BCUT2D eigenvalue weighted by Gasteiger charge is 2.33. The van der Waals surface area contributed by atoms with Gasteiger partial charge in [-0.2, -0.15) is 0 Å². The van der Waals surface area contributed by atoms with Crippen molar-refractivity contribution in [1.82, 2.24) is 25.5 Å². The number of pyridine rings is 1.